The maximum atomic E-state index is 12.4. The molecule has 0 bridgehead atoms. The van der Waals surface area contributed by atoms with Gasteiger partial charge in [-0.25, -0.2) is 0 Å². The van der Waals surface area contributed by atoms with Gasteiger partial charge in [0.15, 0.2) is 0 Å². The van der Waals surface area contributed by atoms with E-state index in [0.29, 0.717) is 19.4 Å². The van der Waals surface area contributed by atoms with Crippen LogP contribution in [-0.4, -0.2) is 47.4 Å². The highest BCUT2D eigenvalue weighted by Crippen LogP contribution is 2.15. The van der Waals surface area contributed by atoms with Gasteiger partial charge in [0.2, 0.25) is 5.91 Å². The normalized spacial score (nSPS) is 13.0. The third-order valence-electron chi connectivity index (χ3n) is 11.2. The second-order valence-electron chi connectivity index (χ2n) is 16.8. The number of carbonyl (C=O) groups is 2. The van der Waals surface area contributed by atoms with E-state index in [-0.39, 0.29) is 18.5 Å². The van der Waals surface area contributed by atoms with Crippen molar-refractivity contribution in [2.45, 2.75) is 264 Å². The molecule has 2 atom stereocenters. The minimum Gasteiger partial charge on any atom is -0.466 e. The van der Waals surface area contributed by atoms with E-state index in [1.165, 1.54) is 161 Å². The Kier molecular flexibility index (Phi) is 45.2. The molecule has 0 heterocycles. The number of esters is 1. The zero-order valence-electron chi connectivity index (χ0n) is 37.8. The fourth-order valence-electron chi connectivity index (χ4n) is 7.31. The summed E-state index contributed by atoms with van der Waals surface area (Å²) in [4.78, 5) is 24.4. The predicted molar refractivity (Wildman–Crippen MR) is 246 cm³/mol. The largest absolute Gasteiger partial charge is 0.466 e. The molecule has 0 aliphatic rings. The number of unbranched alkanes of at least 4 members (excludes halogenated alkanes) is 30. The molecule has 0 radical (unpaired) electrons. The highest BCUT2D eigenvalue weighted by Gasteiger charge is 2.18. The number of ether oxygens (including phenoxy) is 1. The molecule has 3 N–H and O–H groups in total. The molecule has 0 aromatic rings. The first-order valence-corrected chi connectivity index (χ1v) is 24.8. The molecule has 57 heavy (non-hydrogen) atoms. The summed E-state index contributed by atoms with van der Waals surface area (Å²) in [5.41, 5.74) is 0. The van der Waals surface area contributed by atoms with Gasteiger partial charge in [-0.3, -0.25) is 9.59 Å². The van der Waals surface area contributed by atoms with Crippen LogP contribution in [0.3, 0.4) is 0 Å². The van der Waals surface area contributed by atoms with E-state index in [1.807, 2.05) is 6.08 Å². The Morgan fingerprint density at radius 1 is 0.491 bits per heavy atom. The molecule has 6 nitrogen and oxygen atoms in total. The standard InChI is InChI=1S/C51H95NO5/c1-3-5-7-9-11-13-15-16-17-18-19-20-21-25-29-33-37-41-45-51(56)57-46-42-38-34-30-26-23-22-24-28-32-36-40-44-50(55)52-48(47-53)49(54)43-39-35-31-27-14-12-10-8-6-4-2/h13,15,17-18,39,43,48-49,53-54H,3-12,14,16,19-38,40-42,44-47H2,1-2H3,(H,52,55)/b15-13-,18-17-,43-39+. The third-order valence-corrected chi connectivity index (χ3v) is 11.2. The topological polar surface area (TPSA) is 95.9 Å². The average molecular weight is 802 g/mol. The lowest BCUT2D eigenvalue weighted by atomic mass is 10.0. The molecule has 0 aromatic carbocycles. The minimum absolute atomic E-state index is 0.0192. The van der Waals surface area contributed by atoms with E-state index in [9.17, 15) is 19.8 Å². The molecular formula is C51H95NO5. The summed E-state index contributed by atoms with van der Waals surface area (Å²) in [6.07, 6.45) is 55.6. The first kappa shape index (κ1) is 55.1. The Morgan fingerprint density at radius 3 is 1.35 bits per heavy atom. The van der Waals surface area contributed by atoms with Crippen molar-refractivity contribution in [3.63, 3.8) is 0 Å². The summed E-state index contributed by atoms with van der Waals surface area (Å²) in [7, 11) is 0. The van der Waals surface area contributed by atoms with Crippen LogP contribution in [0.25, 0.3) is 0 Å². The van der Waals surface area contributed by atoms with Gasteiger partial charge in [-0.1, -0.05) is 211 Å². The molecule has 1 amide bonds. The van der Waals surface area contributed by atoms with Crippen molar-refractivity contribution in [3.8, 4) is 0 Å². The lowest BCUT2D eigenvalue weighted by Crippen LogP contribution is -2.45. The molecule has 0 fully saturated rings. The van der Waals surface area contributed by atoms with Crippen LogP contribution in [0.15, 0.2) is 36.5 Å². The number of nitrogens with one attached hydrogen (secondary N) is 1. The average Bonchev–Trinajstić information content (AvgIpc) is 3.21. The van der Waals surface area contributed by atoms with Crippen LogP contribution in [0.2, 0.25) is 0 Å². The summed E-state index contributed by atoms with van der Waals surface area (Å²) in [6.45, 7) is 4.82. The number of carbonyl (C=O) groups excluding carboxylic acids is 2. The zero-order valence-corrected chi connectivity index (χ0v) is 37.8. The smallest absolute Gasteiger partial charge is 0.305 e. The van der Waals surface area contributed by atoms with Gasteiger partial charge in [0, 0.05) is 12.8 Å². The number of hydrogen-bond donors (Lipinski definition) is 3. The number of aliphatic hydroxyl groups excluding tert-OH is 2. The maximum Gasteiger partial charge on any atom is 0.305 e. The van der Waals surface area contributed by atoms with Crippen LogP contribution in [0.5, 0.6) is 0 Å². The summed E-state index contributed by atoms with van der Waals surface area (Å²) in [5, 5.41) is 22.9. The molecule has 0 saturated heterocycles. The van der Waals surface area contributed by atoms with E-state index >= 15 is 0 Å². The third kappa shape index (κ3) is 43.5. The highest BCUT2D eigenvalue weighted by molar-refractivity contribution is 5.76. The zero-order chi connectivity index (χ0) is 41.5. The van der Waals surface area contributed by atoms with Crippen molar-refractivity contribution in [2.75, 3.05) is 13.2 Å². The predicted octanol–water partition coefficient (Wildman–Crippen LogP) is 14.5. The van der Waals surface area contributed by atoms with E-state index in [0.717, 1.165) is 64.2 Å². The quantitative estimate of drug-likeness (QED) is 0.0324. The molecule has 0 saturated carbocycles. The Bertz CT molecular complexity index is 931. The minimum atomic E-state index is -0.853. The van der Waals surface area contributed by atoms with Crippen LogP contribution in [0, 0.1) is 0 Å². The molecule has 2 unspecified atom stereocenters. The monoisotopic (exact) mass is 802 g/mol. The fraction of sp³-hybridized carbons (Fsp3) is 0.843. The number of rotatable bonds is 45. The van der Waals surface area contributed by atoms with Crippen molar-refractivity contribution >= 4 is 11.9 Å². The fourth-order valence-corrected chi connectivity index (χ4v) is 7.31. The van der Waals surface area contributed by atoms with Crippen LogP contribution in [-0.2, 0) is 14.3 Å². The summed E-state index contributed by atoms with van der Waals surface area (Å²) >= 11 is 0. The maximum absolute atomic E-state index is 12.4. The van der Waals surface area contributed by atoms with Crippen molar-refractivity contribution in [2.24, 2.45) is 0 Å². The Hall–Kier alpha value is -1.92. The second-order valence-corrected chi connectivity index (χ2v) is 16.8. The van der Waals surface area contributed by atoms with Crippen LogP contribution < -0.4 is 5.32 Å². The van der Waals surface area contributed by atoms with Gasteiger partial charge in [0.05, 0.1) is 25.4 Å². The molecule has 0 spiro atoms. The molecule has 6 heteroatoms. The number of allylic oxidation sites excluding steroid dienone is 5. The van der Waals surface area contributed by atoms with Gasteiger partial charge in [0.1, 0.15) is 0 Å². The van der Waals surface area contributed by atoms with Gasteiger partial charge in [0.25, 0.3) is 0 Å². The summed E-state index contributed by atoms with van der Waals surface area (Å²) < 4.78 is 5.46. The SMILES string of the molecule is CCCCCC/C=C\C/C=C\CCCCCCCCCC(=O)OCCCCCCCCCCCCCCC(=O)NC(CO)C(O)/C=C/CCCCCCCCCC. The lowest BCUT2D eigenvalue weighted by Gasteiger charge is -2.20. The Balaban J connectivity index is 3.47. The van der Waals surface area contributed by atoms with Crippen molar-refractivity contribution < 1.29 is 24.5 Å². The van der Waals surface area contributed by atoms with Gasteiger partial charge < -0.3 is 20.3 Å². The van der Waals surface area contributed by atoms with Crippen LogP contribution in [0.1, 0.15) is 251 Å². The number of aliphatic hydroxyl groups is 2. The number of hydrogen-bond acceptors (Lipinski definition) is 5. The Morgan fingerprint density at radius 2 is 0.877 bits per heavy atom. The van der Waals surface area contributed by atoms with E-state index in [2.05, 4.69) is 43.5 Å². The van der Waals surface area contributed by atoms with Gasteiger partial charge in [-0.05, 0) is 64.2 Å². The molecule has 0 aliphatic heterocycles. The molecule has 0 rings (SSSR count). The summed E-state index contributed by atoms with van der Waals surface area (Å²) in [5.74, 6) is -0.106. The Labute approximate surface area is 353 Å². The van der Waals surface area contributed by atoms with E-state index in [4.69, 9.17) is 4.74 Å². The molecular weight excluding hydrogens is 707 g/mol. The molecule has 0 aliphatic carbocycles. The van der Waals surface area contributed by atoms with E-state index in [1.54, 1.807) is 6.08 Å². The first-order chi connectivity index (χ1) is 28.0. The van der Waals surface area contributed by atoms with Crippen LogP contribution >= 0.6 is 0 Å². The molecule has 334 valence electrons. The van der Waals surface area contributed by atoms with Crippen LogP contribution in [0.4, 0.5) is 0 Å². The highest BCUT2D eigenvalue weighted by atomic mass is 16.5. The molecule has 0 aromatic heterocycles. The van der Waals surface area contributed by atoms with Crippen molar-refractivity contribution in [3.05, 3.63) is 36.5 Å². The van der Waals surface area contributed by atoms with Crippen molar-refractivity contribution in [1.82, 2.24) is 5.32 Å². The van der Waals surface area contributed by atoms with Gasteiger partial charge in [-0.15, -0.1) is 0 Å². The van der Waals surface area contributed by atoms with E-state index < -0.39 is 12.1 Å². The van der Waals surface area contributed by atoms with Gasteiger partial charge in [-0.2, -0.15) is 0 Å². The lowest BCUT2D eigenvalue weighted by molar-refractivity contribution is -0.143. The van der Waals surface area contributed by atoms with Crippen molar-refractivity contribution in [1.29, 1.82) is 0 Å². The summed E-state index contributed by atoms with van der Waals surface area (Å²) in [6, 6.07) is -0.638. The second kappa shape index (κ2) is 46.8. The van der Waals surface area contributed by atoms with Gasteiger partial charge >= 0.3 is 5.97 Å². The first-order valence-electron chi connectivity index (χ1n) is 24.8. The number of amides is 1.